The monoisotopic (exact) mass is 1320 g/mol. The molecule has 2 aliphatic heterocycles. The molecule has 0 aliphatic carbocycles. The van der Waals surface area contributed by atoms with E-state index in [1.54, 1.807) is 0 Å². The van der Waals surface area contributed by atoms with Crippen LogP contribution in [0.25, 0.3) is 143 Å². The second-order valence-corrected chi connectivity index (χ2v) is 30.3. The van der Waals surface area contributed by atoms with Gasteiger partial charge in [0.2, 0.25) is 0 Å². The van der Waals surface area contributed by atoms with Gasteiger partial charge in [0.25, 0.3) is 6.71 Å². The highest BCUT2D eigenvalue weighted by Crippen LogP contribution is 2.51. The fourth-order valence-electron chi connectivity index (χ4n) is 17.0. The van der Waals surface area contributed by atoms with Crippen molar-refractivity contribution in [2.24, 2.45) is 0 Å². The van der Waals surface area contributed by atoms with Crippen LogP contribution in [0.15, 0.2) is 315 Å². The fourth-order valence-corrected chi connectivity index (χ4v) is 17.0. The Labute approximate surface area is 600 Å². The lowest BCUT2D eigenvalue weighted by molar-refractivity contribution is 0.590. The highest BCUT2D eigenvalue weighted by atomic mass is 15.2. The number of nitrogens with zero attached hydrogens (tertiary/aromatic N) is 5. The van der Waals surface area contributed by atoms with Crippen molar-refractivity contribution in [1.29, 1.82) is 0 Å². The third kappa shape index (κ3) is 9.87. The van der Waals surface area contributed by atoms with Gasteiger partial charge in [0.05, 0.1) is 0 Å². The number of rotatable bonds is 9. The molecule has 0 bridgehead atoms. The zero-order valence-electron chi connectivity index (χ0n) is 58.3. The summed E-state index contributed by atoms with van der Waals surface area (Å²) in [6, 6.07) is 118. The molecule has 103 heavy (non-hydrogen) atoms. The zero-order chi connectivity index (χ0) is 69.0. The van der Waals surface area contributed by atoms with Gasteiger partial charge in [-0.25, -0.2) is 15.0 Å². The Hall–Kier alpha value is -12.5. The van der Waals surface area contributed by atoms with Crippen LogP contribution in [-0.4, -0.2) is 21.7 Å². The van der Waals surface area contributed by atoms with Gasteiger partial charge in [-0.3, -0.25) is 0 Å². The largest absolute Gasteiger partial charge is 0.311 e. The van der Waals surface area contributed by atoms with E-state index < -0.39 is 0 Å². The average molecular weight is 1320 g/mol. The summed E-state index contributed by atoms with van der Waals surface area (Å²) in [7, 11) is 0. The van der Waals surface area contributed by atoms with E-state index in [-0.39, 0.29) is 17.5 Å². The standard InChI is InChI=1S/C97H70BN5/c1-96(2,3)76-39-43-78(44-40-76)102-82-55-67-35-33-63-29-19-31-65-37-47-80(88(67)86(63)65)90(82)98-91-81-48-38-66-32-20-30-64-34-36-68(89(81)87(64)66)56-83(91)103(79-45-41-77(42-46-79)97(4,5)6)85-58-75(57-84(102)92(85)98)95-100-93(73-51-69(59-21-11-7-12-22-59)49-70(52-73)60-23-13-8-14-24-60)99-94(101-95)74-53-71(61-25-15-9-16-26-61)50-72(54-74)62-27-17-10-18-28-62/h7-58H,1-6H3. The van der Waals surface area contributed by atoms with Crippen LogP contribution >= 0.6 is 0 Å². The highest BCUT2D eigenvalue weighted by molar-refractivity contribution is 7.03. The minimum Gasteiger partial charge on any atom is -0.311 e. The number of fused-ring (bicyclic) bond motifs is 6. The molecule has 0 saturated carbocycles. The number of aromatic nitrogens is 3. The van der Waals surface area contributed by atoms with E-state index in [1.165, 1.54) is 92.2 Å². The highest BCUT2D eigenvalue weighted by Gasteiger charge is 2.46. The maximum atomic E-state index is 5.88. The molecule has 0 N–H and O–H groups in total. The van der Waals surface area contributed by atoms with E-state index in [4.69, 9.17) is 15.0 Å². The first-order valence-electron chi connectivity index (χ1n) is 36.0. The van der Waals surface area contributed by atoms with E-state index in [1.807, 2.05) is 0 Å². The Bertz CT molecular complexity index is 5890. The normalized spacial score (nSPS) is 12.9. The molecular weight excluding hydrogens is 1250 g/mol. The topological polar surface area (TPSA) is 45.2 Å². The Morgan fingerprint density at radius 2 is 0.524 bits per heavy atom. The van der Waals surface area contributed by atoms with Crippen LogP contribution < -0.4 is 26.2 Å². The van der Waals surface area contributed by atoms with Crippen LogP contribution in [0, 0.1) is 0 Å². The molecule has 1 aromatic heterocycles. The third-order valence-electron chi connectivity index (χ3n) is 22.0. The molecule has 18 aromatic rings. The Morgan fingerprint density at radius 1 is 0.233 bits per heavy atom. The van der Waals surface area contributed by atoms with Gasteiger partial charge in [-0.1, -0.05) is 272 Å². The van der Waals surface area contributed by atoms with Crippen LogP contribution in [0.5, 0.6) is 0 Å². The molecule has 0 spiro atoms. The smallest absolute Gasteiger partial charge is 0.253 e. The second-order valence-electron chi connectivity index (χ2n) is 30.3. The molecule has 6 heteroatoms. The lowest BCUT2D eigenvalue weighted by Gasteiger charge is -2.45. The van der Waals surface area contributed by atoms with Crippen LogP contribution in [0.2, 0.25) is 0 Å². The van der Waals surface area contributed by atoms with Crippen molar-refractivity contribution in [3.63, 3.8) is 0 Å². The minimum absolute atomic E-state index is 0.0834. The SMILES string of the molecule is CC(C)(C)c1ccc(N2c3cc(-c4nc(-c5cc(-c6ccccc6)cc(-c6ccccc6)c5)nc(-c5cc(-c6ccccc6)cc(-c6ccccc6)c5)n4)cc4c3B(c3c2cc2ccc5cccc6ccc3c2c56)c2c(cc3ccc5cccc6ccc2c3c56)N4c2ccc(C(C)(C)C)cc2)cc1. The number of anilines is 6. The molecule has 0 atom stereocenters. The van der Waals surface area contributed by atoms with Crippen molar-refractivity contribution in [1.82, 2.24) is 15.0 Å². The first-order chi connectivity index (χ1) is 50.3. The minimum atomic E-state index is -0.257. The van der Waals surface area contributed by atoms with Crippen molar-refractivity contribution in [2.45, 2.75) is 52.4 Å². The number of hydrogen-bond donors (Lipinski definition) is 0. The maximum Gasteiger partial charge on any atom is 0.253 e. The summed E-state index contributed by atoms with van der Waals surface area (Å²) < 4.78 is 0. The molecule has 0 saturated heterocycles. The predicted molar refractivity (Wildman–Crippen MR) is 437 cm³/mol. The summed E-state index contributed by atoms with van der Waals surface area (Å²) >= 11 is 0. The fraction of sp³-hybridized carbons (Fsp3) is 0.0825. The van der Waals surface area contributed by atoms with Crippen LogP contribution in [0.1, 0.15) is 52.7 Å². The summed E-state index contributed by atoms with van der Waals surface area (Å²) in [6.45, 7) is 13.6. The Balaban J connectivity index is 0.936. The van der Waals surface area contributed by atoms with E-state index in [0.717, 1.165) is 95.3 Å². The van der Waals surface area contributed by atoms with E-state index in [0.29, 0.717) is 17.5 Å². The molecular formula is C97H70BN5. The summed E-state index contributed by atoms with van der Waals surface area (Å²) in [5, 5.41) is 15.1. The average Bonchev–Trinajstić information content (AvgIpc) is 0.676. The number of hydrogen-bond acceptors (Lipinski definition) is 5. The molecule has 0 amide bonds. The van der Waals surface area contributed by atoms with Crippen LogP contribution in [-0.2, 0) is 10.8 Å². The van der Waals surface area contributed by atoms with E-state index >= 15 is 0 Å². The summed E-state index contributed by atoms with van der Waals surface area (Å²) in [5.74, 6) is 1.69. The first-order valence-corrected chi connectivity index (χ1v) is 36.0. The van der Waals surface area contributed by atoms with Gasteiger partial charge in [-0.05, 0) is 232 Å². The van der Waals surface area contributed by atoms with Crippen molar-refractivity contribution in [3.05, 3.63) is 327 Å². The lowest BCUT2D eigenvalue weighted by atomic mass is 9.32. The summed E-state index contributed by atoms with van der Waals surface area (Å²) in [6.07, 6.45) is 0. The molecule has 486 valence electrons. The van der Waals surface area contributed by atoms with E-state index in [2.05, 4.69) is 367 Å². The van der Waals surface area contributed by atoms with Gasteiger partial charge in [-0.2, -0.15) is 0 Å². The molecule has 5 nitrogen and oxygen atoms in total. The molecule has 0 unspecified atom stereocenters. The predicted octanol–water partition coefficient (Wildman–Crippen LogP) is 24.0. The van der Waals surface area contributed by atoms with Crippen molar-refractivity contribution >= 4 is 122 Å². The maximum absolute atomic E-state index is 5.88. The Kier molecular flexibility index (Phi) is 13.5. The van der Waals surface area contributed by atoms with Crippen molar-refractivity contribution in [3.8, 4) is 78.7 Å². The van der Waals surface area contributed by atoms with Gasteiger partial charge >= 0.3 is 0 Å². The van der Waals surface area contributed by atoms with Crippen LogP contribution in [0.4, 0.5) is 34.1 Å². The van der Waals surface area contributed by atoms with Gasteiger partial charge in [-0.15, -0.1) is 0 Å². The molecule has 17 aromatic carbocycles. The zero-order valence-corrected chi connectivity index (χ0v) is 58.3. The molecule has 3 heterocycles. The number of benzene rings is 17. The van der Waals surface area contributed by atoms with Crippen molar-refractivity contribution in [2.75, 3.05) is 9.80 Å². The first kappa shape index (κ1) is 60.5. The molecule has 0 radical (unpaired) electrons. The molecule has 20 rings (SSSR count). The van der Waals surface area contributed by atoms with Gasteiger partial charge in [0.15, 0.2) is 17.5 Å². The Morgan fingerprint density at radius 3 is 0.854 bits per heavy atom. The second kappa shape index (κ2) is 23.0. The third-order valence-corrected chi connectivity index (χ3v) is 22.0. The van der Waals surface area contributed by atoms with Gasteiger partial charge < -0.3 is 9.80 Å². The summed E-state index contributed by atoms with van der Waals surface area (Å²) in [5.41, 5.74) is 24.0. The van der Waals surface area contributed by atoms with E-state index in [9.17, 15) is 0 Å². The lowest BCUT2D eigenvalue weighted by Crippen LogP contribution is -2.61. The van der Waals surface area contributed by atoms with Crippen molar-refractivity contribution < 1.29 is 0 Å². The molecule has 2 aliphatic rings. The van der Waals surface area contributed by atoms with Gasteiger partial charge in [0.1, 0.15) is 0 Å². The van der Waals surface area contributed by atoms with Gasteiger partial charge in [0, 0.05) is 50.8 Å². The quantitative estimate of drug-likeness (QED) is 0.106. The molecule has 0 fully saturated rings. The summed E-state index contributed by atoms with van der Waals surface area (Å²) in [4.78, 5) is 22.7. The van der Waals surface area contributed by atoms with Crippen LogP contribution in [0.3, 0.4) is 0 Å².